The van der Waals surface area contributed by atoms with Crippen molar-refractivity contribution in [3.63, 3.8) is 0 Å². The highest BCUT2D eigenvalue weighted by atomic mass is 16.5. The SMILES string of the molecule is CCOC(=O)c1cnc2c(C(=O)OCC)c[nH]n2c1=O. The lowest BCUT2D eigenvalue weighted by molar-refractivity contribution is 0.0517. The van der Waals surface area contributed by atoms with E-state index in [0.29, 0.717) is 0 Å². The third-order valence-corrected chi connectivity index (χ3v) is 2.53. The molecule has 2 heterocycles. The Morgan fingerprint density at radius 1 is 1.20 bits per heavy atom. The number of hydrogen-bond donors (Lipinski definition) is 1. The van der Waals surface area contributed by atoms with Crippen molar-refractivity contribution >= 4 is 17.6 Å². The Hall–Kier alpha value is -2.64. The number of aromatic amines is 1. The Bertz CT molecular complexity index is 715. The fraction of sp³-hybridized carbons (Fsp3) is 0.333. The Morgan fingerprint density at radius 3 is 2.40 bits per heavy atom. The summed E-state index contributed by atoms with van der Waals surface area (Å²) in [6.07, 6.45) is 2.39. The van der Waals surface area contributed by atoms with Crippen molar-refractivity contribution in [3.8, 4) is 0 Å². The molecule has 20 heavy (non-hydrogen) atoms. The van der Waals surface area contributed by atoms with Gasteiger partial charge in [-0.25, -0.2) is 19.1 Å². The highest BCUT2D eigenvalue weighted by Crippen LogP contribution is 2.08. The molecule has 0 atom stereocenters. The van der Waals surface area contributed by atoms with Gasteiger partial charge in [-0.05, 0) is 13.8 Å². The molecule has 2 aromatic heterocycles. The molecule has 0 aliphatic rings. The monoisotopic (exact) mass is 279 g/mol. The van der Waals surface area contributed by atoms with Crippen LogP contribution in [0.15, 0.2) is 17.2 Å². The molecule has 2 rings (SSSR count). The summed E-state index contributed by atoms with van der Waals surface area (Å²) >= 11 is 0. The van der Waals surface area contributed by atoms with Crippen LogP contribution in [0.5, 0.6) is 0 Å². The van der Waals surface area contributed by atoms with Crippen molar-refractivity contribution in [2.75, 3.05) is 13.2 Å². The molecule has 0 spiro atoms. The smallest absolute Gasteiger partial charge is 0.345 e. The summed E-state index contributed by atoms with van der Waals surface area (Å²) in [5.41, 5.74) is -0.619. The van der Waals surface area contributed by atoms with Crippen LogP contribution in [-0.4, -0.2) is 39.8 Å². The topological polar surface area (TPSA) is 103 Å². The van der Waals surface area contributed by atoms with Gasteiger partial charge in [-0.2, -0.15) is 0 Å². The van der Waals surface area contributed by atoms with Gasteiger partial charge in [-0.15, -0.1) is 0 Å². The van der Waals surface area contributed by atoms with E-state index in [1.807, 2.05) is 0 Å². The normalized spacial score (nSPS) is 10.5. The number of nitrogens with one attached hydrogen (secondary N) is 1. The second-order valence-electron chi connectivity index (χ2n) is 3.76. The van der Waals surface area contributed by atoms with Crippen LogP contribution in [0.4, 0.5) is 0 Å². The first-order valence-electron chi connectivity index (χ1n) is 6.03. The summed E-state index contributed by atoms with van der Waals surface area (Å²) < 4.78 is 10.6. The van der Waals surface area contributed by atoms with Crippen molar-refractivity contribution in [1.29, 1.82) is 0 Å². The number of carbonyl (C=O) groups is 2. The van der Waals surface area contributed by atoms with Gasteiger partial charge in [0, 0.05) is 12.4 Å². The van der Waals surface area contributed by atoms with Crippen molar-refractivity contribution < 1.29 is 19.1 Å². The maximum Gasteiger partial charge on any atom is 0.345 e. The van der Waals surface area contributed by atoms with Crippen LogP contribution in [0.2, 0.25) is 0 Å². The molecule has 0 unspecified atom stereocenters. The maximum absolute atomic E-state index is 12.1. The fourth-order valence-electron chi connectivity index (χ4n) is 1.67. The number of fused-ring (bicyclic) bond motifs is 1. The van der Waals surface area contributed by atoms with E-state index in [2.05, 4.69) is 10.1 Å². The van der Waals surface area contributed by atoms with Crippen LogP contribution in [0, 0.1) is 0 Å². The van der Waals surface area contributed by atoms with Crippen molar-refractivity contribution in [2.24, 2.45) is 0 Å². The molecule has 0 amide bonds. The predicted octanol–water partition coefficient (Wildman–Crippen LogP) is 0.376. The van der Waals surface area contributed by atoms with Crippen LogP contribution in [-0.2, 0) is 9.47 Å². The van der Waals surface area contributed by atoms with E-state index in [9.17, 15) is 14.4 Å². The summed E-state index contributed by atoms with van der Waals surface area (Å²) in [5, 5.41) is 2.57. The first-order chi connectivity index (χ1) is 9.60. The van der Waals surface area contributed by atoms with E-state index in [1.54, 1.807) is 13.8 Å². The van der Waals surface area contributed by atoms with E-state index in [4.69, 9.17) is 9.47 Å². The number of hydrogen-bond acceptors (Lipinski definition) is 6. The van der Waals surface area contributed by atoms with Crippen LogP contribution in [0.25, 0.3) is 5.65 Å². The quantitative estimate of drug-likeness (QED) is 0.811. The minimum Gasteiger partial charge on any atom is -0.462 e. The third kappa shape index (κ3) is 2.27. The first-order valence-corrected chi connectivity index (χ1v) is 6.03. The van der Waals surface area contributed by atoms with E-state index in [1.165, 1.54) is 6.20 Å². The van der Waals surface area contributed by atoms with Crippen LogP contribution < -0.4 is 5.56 Å². The number of esters is 2. The zero-order valence-electron chi connectivity index (χ0n) is 11.0. The summed E-state index contributed by atoms with van der Waals surface area (Å²) in [5.74, 6) is -1.35. The molecule has 0 saturated carbocycles. The fourth-order valence-corrected chi connectivity index (χ4v) is 1.67. The number of carbonyl (C=O) groups excluding carboxylic acids is 2. The lowest BCUT2D eigenvalue weighted by atomic mass is 10.3. The molecule has 0 fully saturated rings. The van der Waals surface area contributed by atoms with Gasteiger partial charge in [0.1, 0.15) is 11.1 Å². The van der Waals surface area contributed by atoms with Gasteiger partial charge < -0.3 is 9.47 Å². The number of rotatable bonds is 4. The molecular formula is C12H13N3O5. The average molecular weight is 279 g/mol. The van der Waals surface area contributed by atoms with Gasteiger partial charge in [0.15, 0.2) is 5.65 Å². The van der Waals surface area contributed by atoms with Gasteiger partial charge in [0.2, 0.25) is 0 Å². The van der Waals surface area contributed by atoms with Crippen molar-refractivity contribution in [1.82, 2.24) is 14.6 Å². The summed E-state index contributed by atoms with van der Waals surface area (Å²) in [6, 6.07) is 0. The molecule has 8 heteroatoms. The van der Waals surface area contributed by atoms with Gasteiger partial charge in [-0.1, -0.05) is 0 Å². The zero-order valence-corrected chi connectivity index (χ0v) is 11.0. The van der Waals surface area contributed by atoms with Gasteiger partial charge in [-0.3, -0.25) is 9.89 Å². The Kier molecular flexibility index (Phi) is 3.83. The maximum atomic E-state index is 12.1. The third-order valence-electron chi connectivity index (χ3n) is 2.53. The summed E-state index contributed by atoms with van der Waals surface area (Å²) in [7, 11) is 0. The lowest BCUT2D eigenvalue weighted by Gasteiger charge is -2.02. The number of ether oxygens (including phenoxy) is 2. The average Bonchev–Trinajstić information content (AvgIpc) is 2.84. The Balaban J connectivity index is 2.52. The first kappa shape index (κ1) is 13.8. The molecule has 2 aromatic rings. The molecular weight excluding hydrogens is 266 g/mol. The van der Waals surface area contributed by atoms with Gasteiger partial charge >= 0.3 is 11.9 Å². The number of aromatic nitrogens is 3. The predicted molar refractivity (Wildman–Crippen MR) is 67.7 cm³/mol. The summed E-state index contributed by atoms with van der Waals surface area (Å²) in [4.78, 5) is 39.3. The molecule has 0 saturated heterocycles. The van der Waals surface area contributed by atoms with Crippen LogP contribution >= 0.6 is 0 Å². The molecule has 0 aliphatic heterocycles. The molecule has 8 nitrogen and oxygen atoms in total. The lowest BCUT2D eigenvalue weighted by Crippen LogP contribution is -2.24. The molecule has 106 valence electrons. The number of H-pyrrole nitrogens is 1. The second kappa shape index (κ2) is 5.55. The van der Waals surface area contributed by atoms with Gasteiger partial charge in [0.05, 0.1) is 13.2 Å². The largest absolute Gasteiger partial charge is 0.462 e. The second-order valence-corrected chi connectivity index (χ2v) is 3.76. The summed E-state index contributed by atoms with van der Waals surface area (Å²) in [6.45, 7) is 3.67. The highest BCUT2D eigenvalue weighted by molar-refractivity contribution is 5.96. The molecule has 0 aliphatic carbocycles. The Morgan fingerprint density at radius 2 is 1.80 bits per heavy atom. The van der Waals surface area contributed by atoms with Crippen LogP contribution in [0.3, 0.4) is 0 Å². The minimum absolute atomic E-state index is 0.0986. The highest BCUT2D eigenvalue weighted by Gasteiger charge is 2.19. The van der Waals surface area contributed by atoms with Crippen molar-refractivity contribution in [3.05, 3.63) is 33.9 Å². The minimum atomic E-state index is -0.758. The van der Waals surface area contributed by atoms with Crippen LogP contribution in [0.1, 0.15) is 34.6 Å². The zero-order chi connectivity index (χ0) is 14.7. The van der Waals surface area contributed by atoms with E-state index >= 15 is 0 Å². The molecule has 0 radical (unpaired) electrons. The number of nitrogens with zero attached hydrogens (tertiary/aromatic N) is 2. The Labute approximate surface area is 113 Å². The van der Waals surface area contributed by atoms with E-state index in [-0.39, 0.29) is 30.0 Å². The van der Waals surface area contributed by atoms with Gasteiger partial charge in [0.25, 0.3) is 5.56 Å². The van der Waals surface area contributed by atoms with Crippen molar-refractivity contribution in [2.45, 2.75) is 13.8 Å². The molecule has 0 bridgehead atoms. The standard InChI is InChI=1S/C12H13N3O5/c1-3-19-11(17)7-6-14-15-9(7)13-5-8(10(15)16)12(18)20-4-2/h5-6,14H,3-4H2,1-2H3. The molecule has 1 N–H and O–H groups in total. The van der Waals surface area contributed by atoms with E-state index in [0.717, 1.165) is 10.7 Å². The molecule has 0 aromatic carbocycles. The van der Waals surface area contributed by atoms with E-state index < -0.39 is 17.5 Å².